The molecule has 0 spiro atoms. The molecule has 0 aliphatic carbocycles. The Morgan fingerprint density at radius 3 is 2.90 bits per heavy atom. The number of carbonyl (C=O) groups is 1. The van der Waals surface area contributed by atoms with Crippen LogP contribution in [0.25, 0.3) is 0 Å². The first kappa shape index (κ1) is 15.0. The Kier molecular flexibility index (Phi) is 4.54. The number of nitro benzene ring substituents is 1. The van der Waals surface area contributed by atoms with Gasteiger partial charge in [-0.15, -0.1) is 0 Å². The van der Waals surface area contributed by atoms with E-state index in [0.717, 1.165) is 0 Å². The molecule has 0 radical (unpaired) electrons. The zero-order valence-electron chi connectivity index (χ0n) is 11.2. The van der Waals surface area contributed by atoms with Gasteiger partial charge in [-0.2, -0.15) is 0 Å². The molecule has 0 aliphatic heterocycles. The third-order valence-corrected chi connectivity index (χ3v) is 3.38. The number of halogens is 1. The van der Waals surface area contributed by atoms with Gasteiger partial charge in [0.2, 0.25) is 0 Å². The lowest BCUT2D eigenvalue weighted by Crippen LogP contribution is -2.29. The van der Waals surface area contributed by atoms with Crippen LogP contribution in [0.4, 0.5) is 5.69 Å². The second-order valence-electron chi connectivity index (χ2n) is 4.30. The number of H-pyrrole nitrogens is 1. The van der Waals surface area contributed by atoms with E-state index < -0.39 is 10.8 Å². The molecule has 0 aliphatic rings. The number of aromatic nitrogens is 2. The van der Waals surface area contributed by atoms with E-state index >= 15 is 0 Å². The van der Waals surface area contributed by atoms with Crippen molar-refractivity contribution >= 4 is 23.2 Å². The van der Waals surface area contributed by atoms with Gasteiger partial charge in [0.1, 0.15) is 10.8 Å². The summed E-state index contributed by atoms with van der Waals surface area (Å²) >= 11 is 5.92. The van der Waals surface area contributed by atoms with Crippen LogP contribution in [0.1, 0.15) is 35.6 Å². The molecule has 110 valence electrons. The molecule has 1 heterocycles. The molecule has 1 aromatic carbocycles. The van der Waals surface area contributed by atoms with E-state index in [1.165, 1.54) is 18.2 Å². The van der Waals surface area contributed by atoms with E-state index in [9.17, 15) is 14.9 Å². The second-order valence-corrected chi connectivity index (χ2v) is 4.68. The van der Waals surface area contributed by atoms with Crippen molar-refractivity contribution in [3.05, 3.63) is 57.1 Å². The minimum absolute atomic E-state index is 0.0656. The van der Waals surface area contributed by atoms with E-state index in [1.54, 1.807) is 12.4 Å². The molecule has 0 saturated carbocycles. The summed E-state index contributed by atoms with van der Waals surface area (Å²) in [6.45, 7) is 1.89. The van der Waals surface area contributed by atoms with Crippen LogP contribution in [0.15, 0.2) is 30.6 Å². The maximum atomic E-state index is 12.2. The van der Waals surface area contributed by atoms with Crippen LogP contribution in [0.2, 0.25) is 5.02 Å². The summed E-state index contributed by atoms with van der Waals surface area (Å²) in [5, 5.41) is 13.4. The summed E-state index contributed by atoms with van der Waals surface area (Å²) in [6.07, 6.45) is 3.86. The monoisotopic (exact) mass is 308 g/mol. The van der Waals surface area contributed by atoms with Gasteiger partial charge in [0.15, 0.2) is 0 Å². The van der Waals surface area contributed by atoms with Gasteiger partial charge < -0.3 is 10.3 Å². The molecule has 1 amide bonds. The Balaban J connectivity index is 2.24. The molecular formula is C13H13ClN4O3. The van der Waals surface area contributed by atoms with Crippen LogP contribution >= 0.6 is 11.6 Å². The first-order valence-corrected chi connectivity index (χ1v) is 6.65. The molecule has 0 bridgehead atoms. The lowest BCUT2D eigenvalue weighted by molar-refractivity contribution is -0.384. The lowest BCUT2D eigenvalue weighted by Gasteiger charge is -2.15. The van der Waals surface area contributed by atoms with Crippen molar-refractivity contribution in [3.8, 4) is 0 Å². The average Bonchev–Trinajstić information content (AvgIpc) is 2.98. The summed E-state index contributed by atoms with van der Waals surface area (Å²) in [5.41, 5.74) is -0.230. The van der Waals surface area contributed by atoms with Gasteiger partial charge in [0.25, 0.3) is 11.6 Å². The summed E-state index contributed by atoms with van der Waals surface area (Å²) < 4.78 is 0. The number of imidazole rings is 1. The Hall–Kier alpha value is -2.41. The van der Waals surface area contributed by atoms with E-state index in [1.807, 2.05) is 6.92 Å². The van der Waals surface area contributed by atoms with Crippen LogP contribution in [-0.4, -0.2) is 20.8 Å². The number of hydrogen-bond donors (Lipinski definition) is 2. The Bertz CT molecular complexity index is 657. The van der Waals surface area contributed by atoms with Gasteiger partial charge >= 0.3 is 0 Å². The zero-order valence-corrected chi connectivity index (χ0v) is 11.9. The number of rotatable bonds is 5. The van der Waals surface area contributed by atoms with Gasteiger partial charge in [0.05, 0.1) is 16.5 Å². The number of amides is 1. The van der Waals surface area contributed by atoms with Gasteiger partial charge in [-0.3, -0.25) is 14.9 Å². The van der Waals surface area contributed by atoms with E-state index in [4.69, 9.17) is 11.6 Å². The predicted octanol–water partition coefficient (Wildman–Crippen LogP) is 2.85. The molecule has 2 rings (SSSR count). The van der Waals surface area contributed by atoms with Crippen molar-refractivity contribution in [3.63, 3.8) is 0 Å². The van der Waals surface area contributed by atoms with E-state index in [0.29, 0.717) is 12.2 Å². The predicted molar refractivity (Wildman–Crippen MR) is 77.2 cm³/mol. The number of benzene rings is 1. The van der Waals surface area contributed by atoms with Gasteiger partial charge in [0, 0.05) is 18.5 Å². The number of nitrogens with zero attached hydrogens (tertiary/aromatic N) is 2. The standard InChI is InChI=1S/C13H13ClN4O3/c1-2-9(12-15-6-7-16-12)17-13(19)8-4-3-5-10(11(8)14)18(20)21/h3-7,9H,2H2,1H3,(H,15,16)(H,17,19). The molecule has 1 atom stereocenters. The Morgan fingerprint density at radius 1 is 1.57 bits per heavy atom. The highest BCUT2D eigenvalue weighted by molar-refractivity contribution is 6.35. The summed E-state index contributed by atoms with van der Waals surface area (Å²) in [7, 11) is 0. The van der Waals surface area contributed by atoms with E-state index in [-0.39, 0.29) is 22.3 Å². The molecule has 21 heavy (non-hydrogen) atoms. The van der Waals surface area contributed by atoms with Crippen molar-refractivity contribution in [1.29, 1.82) is 0 Å². The fourth-order valence-corrected chi connectivity index (χ4v) is 2.18. The van der Waals surface area contributed by atoms with Crippen molar-refractivity contribution < 1.29 is 9.72 Å². The smallest absolute Gasteiger partial charge is 0.288 e. The van der Waals surface area contributed by atoms with E-state index in [2.05, 4.69) is 15.3 Å². The summed E-state index contributed by atoms with van der Waals surface area (Å²) in [6, 6.07) is 3.80. The summed E-state index contributed by atoms with van der Waals surface area (Å²) in [5.74, 6) is 0.138. The number of hydrogen-bond acceptors (Lipinski definition) is 4. The second kappa shape index (κ2) is 6.36. The van der Waals surface area contributed by atoms with Crippen molar-refractivity contribution in [2.45, 2.75) is 19.4 Å². The van der Waals surface area contributed by atoms with Crippen LogP contribution in [0, 0.1) is 10.1 Å². The maximum Gasteiger partial charge on any atom is 0.288 e. The largest absolute Gasteiger partial charge is 0.347 e. The van der Waals surface area contributed by atoms with Gasteiger partial charge in [-0.05, 0) is 12.5 Å². The van der Waals surface area contributed by atoms with Crippen LogP contribution in [0.5, 0.6) is 0 Å². The minimum atomic E-state index is -0.622. The maximum absolute atomic E-state index is 12.2. The molecule has 1 aromatic heterocycles. The van der Waals surface area contributed by atoms with Gasteiger partial charge in [-0.1, -0.05) is 24.6 Å². The average molecular weight is 309 g/mol. The van der Waals surface area contributed by atoms with Gasteiger partial charge in [-0.25, -0.2) is 4.98 Å². The number of aromatic amines is 1. The highest BCUT2D eigenvalue weighted by Crippen LogP contribution is 2.28. The van der Waals surface area contributed by atoms with Crippen molar-refractivity contribution in [2.75, 3.05) is 0 Å². The number of nitro groups is 1. The van der Waals surface area contributed by atoms with Crippen molar-refractivity contribution in [1.82, 2.24) is 15.3 Å². The van der Waals surface area contributed by atoms with Crippen LogP contribution in [0.3, 0.4) is 0 Å². The fourth-order valence-electron chi connectivity index (χ4n) is 1.90. The Labute approximate surface area is 125 Å². The minimum Gasteiger partial charge on any atom is -0.347 e. The first-order valence-electron chi connectivity index (χ1n) is 6.27. The molecular weight excluding hydrogens is 296 g/mol. The third kappa shape index (κ3) is 3.19. The fraction of sp³-hybridized carbons (Fsp3) is 0.231. The Morgan fingerprint density at radius 2 is 2.33 bits per heavy atom. The molecule has 7 nitrogen and oxygen atoms in total. The normalized spacial score (nSPS) is 11.9. The first-order chi connectivity index (χ1) is 10.0. The molecule has 0 fully saturated rings. The molecule has 2 N–H and O–H groups in total. The van der Waals surface area contributed by atoms with Crippen molar-refractivity contribution in [2.24, 2.45) is 0 Å². The van der Waals surface area contributed by atoms with Crippen LogP contribution < -0.4 is 5.32 Å². The number of carbonyl (C=O) groups excluding carboxylic acids is 1. The highest BCUT2D eigenvalue weighted by Gasteiger charge is 2.22. The molecule has 0 saturated heterocycles. The SMILES string of the molecule is CCC(NC(=O)c1cccc([N+](=O)[O-])c1Cl)c1ncc[nH]1. The molecule has 8 heteroatoms. The molecule has 1 unspecified atom stereocenters. The zero-order chi connectivity index (χ0) is 15.4. The number of nitrogens with one attached hydrogen (secondary N) is 2. The third-order valence-electron chi connectivity index (χ3n) is 2.98. The lowest BCUT2D eigenvalue weighted by atomic mass is 10.1. The highest BCUT2D eigenvalue weighted by atomic mass is 35.5. The quantitative estimate of drug-likeness (QED) is 0.655. The van der Waals surface area contributed by atoms with Crippen LogP contribution in [-0.2, 0) is 0 Å². The topological polar surface area (TPSA) is 101 Å². The molecule has 2 aromatic rings. The summed E-state index contributed by atoms with van der Waals surface area (Å²) in [4.78, 5) is 29.5.